The number of esters is 3. The molecule has 1 aromatic carbocycles. The van der Waals surface area contributed by atoms with Crippen LogP contribution in [0.4, 0.5) is 0 Å². The van der Waals surface area contributed by atoms with Crippen LogP contribution in [0.5, 0.6) is 0 Å². The minimum atomic E-state index is -1.26. The quantitative estimate of drug-likeness (QED) is 0.168. The third kappa shape index (κ3) is 7.90. The zero-order valence-corrected chi connectivity index (χ0v) is 21.2. The van der Waals surface area contributed by atoms with Crippen LogP contribution in [0.3, 0.4) is 0 Å². The second-order valence-corrected chi connectivity index (χ2v) is 8.00. The normalized spacial score (nSPS) is 21.4. The second-order valence-electron chi connectivity index (χ2n) is 7.19. The van der Waals surface area contributed by atoms with Gasteiger partial charge in [0.05, 0.1) is 26.7 Å². The molecule has 0 unspecified atom stereocenters. The average molecular weight is 549 g/mol. The molecule has 2 saturated heterocycles. The lowest BCUT2D eigenvalue weighted by atomic mass is 9.91. The molecule has 1 amide bonds. The number of benzene rings is 1. The molecule has 4 atom stereocenters. The minimum Gasteiger partial charge on any atom is -0.480 e. The number of hydrogen-bond donors (Lipinski definition) is 2. The number of rotatable bonds is 6. The maximum atomic E-state index is 12.2. The van der Waals surface area contributed by atoms with Crippen molar-refractivity contribution >= 4 is 58.8 Å². The molecule has 2 N–H and O–H groups in total. The number of likely N-dealkylation sites (tertiary alicyclic amines) is 1. The molecule has 36 heavy (non-hydrogen) atoms. The summed E-state index contributed by atoms with van der Waals surface area (Å²) < 4.78 is 13.4. The molecule has 14 heteroatoms. The number of ketones is 1. The van der Waals surface area contributed by atoms with Gasteiger partial charge in [0.25, 0.3) is 5.91 Å². The Bertz CT molecular complexity index is 933. The standard InChI is InChI=1S/C14H13NO6.C7H11NO4.CH2Cl2/c1-21-14(20)10-7-9(13(18)19)15(10)12(17)11(16)8-5-3-2-4-6-8;1-11-6(9)4-3-5(8-4)7(10)12-2;2-1-3/h2-6,9-10H,7H2,1H3,(H,18,19);4-5,8H,3H2,1-2H3;1H2/t9-,10-;4-,5-;/m00./s1. The van der Waals surface area contributed by atoms with Crippen LogP contribution in [0, 0.1) is 0 Å². The van der Waals surface area contributed by atoms with E-state index in [0.29, 0.717) is 6.42 Å². The maximum absolute atomic E-state index is 12.2. The lowest BCUT2D eigenvalue weighted by Gasteiger charge is -2.43. The fourth-order valence-corrected chi connectivity index (χ4v) is 3.26. The number of hydrogen-bond acceptors (Lipinski definition) is 10. The van der Waals surface area contributed by atoms with Gasteiger partial charge in [-0.15, -0.1) is 23.2 Å². The average Bonchev–Trinajstić information content (AvgIpc) is 2.82. The molecule has 1 aromatic rings. The van der Waals surface area contributed by atoms with E-state index < -0.39 is 35.7 Å². The third-order valence-corrected chi connectivity index (χ3v) is 5.19. The highest BCUT2D eigenvalue weighted by Gasteiger charge is 2.51. The molecule has 2 fully saturated rings. The molecule has 2 aliphatic heterocycles. The van der Waals surface area contributed by atoms with E-state index in [1.54, 1.807) is 18.2 Å². The number of carboxylic acids is 1. The van der Waals surface area contributed by atoms with E-state index in [4.69, 9.17) is 28.3 Å². The molecule has 0 spiro atoms. The first-order valence-electron chi connectivity index (χ1n) is 10.3. The summed E-state index contributed by atoms with van der Waals surface area (Å²) in [4.78, 5) is 69.2. The van der Waals surface area contributed by atoms with Gasteiger partial charge in [-0.2, -0.15) is 0 Å². The van der Waals surface area contributed by atoms with Crippen molar-refractivity contribution in [2.24, 2.45) is 0 Å². The zero-order valence-electron chi connectivity index (χ0n) is 19.6. The summed E-state index contributed by atoms with van der Waals surface area (Å²) in [5.74, 6) is -4.54. The Morgan fingerprint density at radius 3 is 1.69 bits per heavy atom. The molecule has 0 aromatic heterocycles. The van der Waals surface area contributed by atoms with Crippen LogP contribution >= 0.6 is 23.2 Å². The predicted molar refractivity (Wildman–Crippen MR) is 125 cm³/mol. The van der Waals surface area contributed by atoms with Crippen LogP contribution in [0.1, 0.15) is 23.2 Å². The highest BCUT2D eigenvalue weighted by atomic mass is 35.5. The Balaban J connectivity index is 0.000000365. The maximum Gasteiger partial charge on any atom is 0.328 e. The molecule has 3 rings (SSSR count). The minimum absolute atomic E-state index is 0.0597. The summed E-state index contributed by atoms with van der Waals surface area (Å²) in [6.07, 6.45) is 0.398. The fraction of sp³-hybridized carbons (Fsp3) is 0.455. The van der Waals surface area contributed by atoms with Gasteiger partial charge in [-0.25, -0.2) is 9.59 Å². The van der Waals surface area contributed by atoms with Gasteiger partial charge < -0.3 is 24.2 Å². The van der Waals surface area contributed by atoms with Crippen molar-refractivity contribution in [1.29, 1.82) is 0 Å². The molecule has 2 aliphatic rings. The summed E-state index contributed by atoms with van der Waals surface area (Å²) >= 11 is 9.53. The van der Waals surface area contributed by atoms with Crippen molar-refractivity contribution in [3.63, 3.8) is 0 Å². The smallest absolute Gasteiger partial charge is 0.328 e. The Hall–Kier alpha value is -3.22. The summed E-state index contributed by atoms with van der Waals surface area (Å²) in [7, 11) is 3.77. The summed E-state index contributed by atoms with van der Waals surface area (Å²) in [5, 5.41) is 11.9. The fourth-order valence-electron chi connectivity index (χ4n) is 3.26. The van der Waals surface area contributed by atoms with Crippen molar-refractivity contribution in [1.82, 2.24) is 10.2 Å². The van der Waals surface area contributed by atoms with E-state index in [1.165, 1.54) is 26.4 Å². The largest absolute Gasteiger partial charge is 0.480 e. The summed E-state index contributed by atoms with van der Waals surface area (Å²) in [6, 6.07) is 4.84. The number of nitrogens with one attached hydrogen (secondary N) is 1. The molecular formula is C22H26Cl2N2O10. The lowest BCUT2D eigenvalue weighted by molar-refractivity contribution is -0.171. The number of Topliss-reactive ketones (excluding diaryl/α,β-unsaturated/α-hetero) is 1. The molecule has 12 nitrogen and oxygen atoms in total. The lowest BCUT2D eigenvalue weighted by Crippen LogP contribution is -2.66. The van der Waals surface area contributed by atoms with Gasteiger partial charge in [-0.05, 0) is 6.42 Å². The van der Waals surface area contributed by atoms with Crippen molar-refractivity contribution in [2.75, 3.05) is 26.7 Å². The number of aliphatic carboxylic acids is 1. The molecule has 0 bridgehead atoms. The van der Waals surface area contributed by atoms with Crippen molar-refractivity contribution in [2.45, 2.75) is 37.0 Å². The predicted octanol–water partition coefficient (Wildman–Crippen LogP) is 0.581. The number of alkyl halides is 2. The summed E-state index contributed by atoms with van der Waals surface area (Å²) in [6.45, 7) is 0. The number of carboxylic acid groups (broad SMARTS) is 1. The highest BCUT2D eigenvalue weighted by molar-refractivity contribution is 6.43. The number of amides is 1. The number of nitrogens with zero attached hydrogens (tertiary/aromatic N) is 1. The number of carbonyl (C=O) groups excluding carboxylic acids is 5. The van der Waals surface area contributed by atoms with E-state index >= 15 is 0 Å². The Morgan fingerprint density at radius 2 is 1.31 bits per heavy atom. The van der Waals surface area contributed by atoms with Gasteiger partial charge in [-0.1, -0.05) is 30.3 Å². The Labute approximate surface area is 216 Å². The van der Waals surface area contributed by atoms with E-state index in [2.05, 4.69) is 19.5 Å². The number of methoxy groups -OCH3 is 3. The van der Waals surface area contributed by atoms with Crippen LogP contribution in [-0.2, 0) is 38.2 Å². The Kier molecular flexibility index (Phi) is 12.9. The molecular weight excluding hydrogens is 523 g/mol. The van der Waals surface area contributed by atoms with Gasteiger partial charge in [0, 0.05) is 12.0 Å². The SMILES string of the molecule is COC(=O)[C@@H]1C[C@@H](C(=O)O)N1C(=O)C(=O)c1ccccc1.COC(=O)[C@@H]1C[C@@H](C(=O)OC)N1.ClCCl. The molecule has 0 radical (unpaired) electrons. The van der Waals surface area contributed by atoms with E-state index in [1.807, 2.05) is 0 Å². The van der Waals surface area contributed by atoms with Crippen LogP contribution in [0.15, 0.2) is 30.3 Å². The van der Waals surface area contributed by atoms with Crippen LogP contribution in [0.25, 0.3) is 0 Å². The molecule has 198 valence electrons. The molecule has 0 saturated carbocycles. The topological polar surface area (TPSA) is 166 Å². The van der Waals surface area contributed by atoms with E-state index in [0.717, 1.165) is 12.0 Å². The van der Waals surface area contributed by atoms with E-state index in [9.17, 15) is 28.8 Å². The van der Waals surface area contributed by atoms with Gasteiger partial charge in [0.2, 0.25) is 5.78 Å². The van der Waals surface area contributed by atoms with Crippen molar-refractivity contribution < 1.29 is 48.1 Å². The van der Waals surface area contributed by atoms with Crippen molar-refractivity contribution in [3.8, 4) is 0 Å². The van der Waals surface area contributed by atoms with E-state index in [-0.39, 0.29) is 41.3 Å². The first kappa shape index (κ1) is 30.8. The molecule has 0 aliphatic carbocycles. The van der Waals surface area contributed by atoms with Crippen LogP contribution in [-0.4, -0.2) is 96.4 Å². The highest BCUT2D eigenvalue weighted by Crippen LogP contribution is 2.28. The number of halogens is 2. The molecule has 2 heterocycles. The van der Waals surface area contributed by atoms with Crippen LogP contribution in [0.2, 0.25) is 0 Å². The second kappa shape index (κ2) is 15.0. The van der Waals surface area contributed by atoms with Gasteiger partial charge in [0.1, 0.15) is 24.2 Å². The first-order valence-corrected chi connectivity index (χ1v) is 11.4. The number of ether oxygens (including phenoxy) is 3. The third-order valence-electron chi connectivity index (χ3n) is 5.19. The zero-order chi connectivity index (χ0) is 27.4. The van der Waals surface area contributed by atoms with Gasteiger partial charge >= 0.3 is 23.9 Å². The first-order chi connectivity index (χ1) is 17.1. The van der Waals surface area contributed by atoms with Crippen molar-refractivity contribution in [3.05, 3.63) is 35.9 Å². The van der Waals surface area contributed by atoms with Crippen LogP contribution < -0.4 is 5.32 Å². The Morgan fingerprint density at radius 1 is 0.861 bits per heavy atom. The monoisotopic (exact) mass is 548 g/mol. The van der Waals surface area contributed by atoms with Gasteiger partial charge in [0.15, 0.2) is 0 Å². The summed E-state index contributed by atoms with van der Waals surface area (Å²) in [5.41, 5.74) is 0.141. The van der Waals surface area contributed by atoms with Gasteiger partial charge in [-0.3, -0.25) is 24.5 Å². The number of carbonyl (C=O) groups is 6.